The van der Waals surface area contributed by atoms with E-state index < -0.39 is 11.8 Å². The normalized spacial score (nSPS) is 16.3. The van der Waals surface area contributed by atoms with Crippen molar-refractivity contribution in [2.45, 2.75) is 6.92 Å². The molecule has 0 aromatic heterocycles. The summed E-state index contributed by atoms with van der Waals surface area (Å²) in [5.41, 5.74) is 4.53. The number of rotatable bonds is 6. The molecule has 0 saturated carbocycles. The van der Waals surface area contributed by atoms with Crippen LogP contribution in [-0.2, 0) is 9.57 Å². The fourth-order valence-electron chi connectivity index (χ4n) is 4.37. The number of anilines is 2. The zero-order valence-corrected chi connectivity index (χ0v) is 19.9. The lowest BCUT2D eigenvalue weighted by Crippen LogP contribution is -2.49. The first-order chi connectivity index (χ1) is 16.9. The zero-order chi connectivity index (χ0) is 24.9. The molecule has 186 valence electrons. The maximum Gasteiger partial charge on any atom is 0.356 e. The molecule has 2 fully saturated rings. The van der Waals surface area contributed by atoms with Gasteiger partial charge in [0.15, 0.2) is 5.78 Å². The van der Waals surface area contributed by atoms with Gasteiger partial charge < -0.3 is 24.3 Å². The summed E-state index contributed by atoms with van der Waals surface area (Å²) in [5.74, 6) is -1.42. The lowest BCUT2D eigenvalue weighted by Gasteiger charge is -2.37. The average Bonchev–Trinajstić information content (AvgIpc) is 2.88. The van der Waals surface area contributed by atoms with Gasteiger partial charge in [0, 0.05) is 57.6 Å². The number of carbonyl (C=O) groups is 3. The number of halogens is 1. The number of ether oxygens (including phenoxy) is 1. The van der Waals surface area contributed by atoms with Crippen molar-refractivity contribution in [3.8, 4) is 0 Å². The minimum atomic E-state index is -0.579. The average molecular weight is 485 g/mol. The largest absolute Gasteiger partial charge is 0.378 e. The predicted octanol–water partition coefficient (Wildman–Crippen LogP) is 2.12. The van der Waals surface area contributed by atoms with Crippen LogP contribution in [0.3, 0.4) is 0 Å². The second-order valence-electron chi connectivity index (χ2n) is 8.43. The molecule has 4 rings (SSSR count). The lowest BCUT2D eigenvalue weighted by atomic mass is 10.0. The zero-order valence-electron chi connectivity index (χ0n) is 19.9. The van der Waals surface area contributed by atoms with Crippen molar-refractivity contribution >= 4 is 29.0 Å². The molecule has 0 unspecified atom stereocenters. The first-order valence-electron chi connectivity index (χ1n) is 11.6. The minimum absolute atomic E-state index is 0.192. The van der Waals surface area contributed by atoms with Gasteiger partial charge in [0.1, 0.15) is 5.82 Å². The Bertz CT molecular complexity index is 1110. The number of piperazine rings is 1. The molecule has 2 aromatic rings. The van der Waals surface area contributed by atoms with Crippen LogP contribution in [-0.4, -0.2) is 82.1 Å². The van der Waals surface area contributed by atoms with Crippen molar-refractivity contribution in [1.82, 2.24) is 10.4 Å². The highest BCUT2D eigenvalue weighted by Crippen LogP contribution is 2.27. The van der Waals surface area contributed by atoms with Gasteiger partial charge in [0.05, 0.1) is 30.0 Å². The van der Waals surface area contributed by atoms with Crippen LogP contribution in [0.4, 0.5) is 15.8 Å². The number of morpholine rings is 1. The van der Waals surface area contributed by atoms with Crippen molar-refractivity contribution in [3.63, 3.8) is 0 Å². The third-order valence-electron chi connectivity index (χ3n) is 6.27. The van der Waals surface area contributed by atoms with E-state index in [4.69, 9.17) is 9.57 Å². The fraction of sp³-hybridized carbons (Fsp3) is 0.400. The number of nitrogens with one attached hydrogen (secondary N) is 1. The van der Waals surface area contributed by atoms with Crippen LogP contribution in [0.15, 0.2) is 36.4 Å². The Morgan fingerprint density at radius 2 is 1.51 bits per heavy atom. The van der Waals surface area contributed by atoms with E-state index >= 15 is 0 Å². The van der Waals surface area contributed by atoms with Crippen molar-refractivity contribution in [2.75, 3.05) is 69.3 Å². The number of benzene rings is 2. The molecule has 9 nitrogen and oxygen atoms in total. The van der Waals surface area contributed by atoms with E-state index in [0.29, 0.717) is 69.3 Å². The Labute approximate surface area is 203 Å². The van der Waals surface area contributed by atoms with E-state index in [1.54, 1.807) is 35.2 Å². The summed E-state index contributed by atoms with van der Waals surface area (Å²) in [6, 6.07) is 9.46. The van der Waals surface area contributed by atoms with E-state index in [-0.39, 0.29) is 17.3 Å². The number of hydrogen-bond donors (Lipinski definition) is 1. The van der Waals surface area contributed by atoms with Crippen LogP contribution in [0.25, 0.3) is 0 Å². The lowest BCUT2D eigenvalue weighted by molar-refractivity contribution is 0.0310. The first-order valence-corrected chi connectivity index (χ1v) is 11.6. The molecular weight excluding hydrogens is 455 g/mol. The number of nitrogens with zero attached hydrogens (tertiary/aromatic N) is 3. The number of Topliss-reactive ketones (excluding diaryl/α,β-unsaturated/α-hetero) is 1. The van der Waals surface area contributed by atoms with Gasteiger partial charge in [-0.05, 0) is 43.3 Å². The number of amides is 1. The summed E-state index contributed by atoms with van der Waals surface area (Å²) in [5, 5.41) is 0. The molecule has 0 radical (unpaired) electrons. The molecule has 0 spiro atoms. The molecule has 2 saturated heterocycles. The van der Waals surface area contributed by atoms with Crippen LogP contribution in [0.1, 0.15) is 38.0 Å². The van der Waals surface area contributed by atoms with Gasteiger partial charge in [-0.15, -0.1) is 0 Å². The molecular formula is C25H29FN4O5. The van der Waals surface area contributed by atoms with E-state index in [9.17, 15) is 18.8 Å². The van der Waals surface area contributed by atoms with Crippen LogP contribution in [0.5, 0.6) is 0 Å². The van der Waals surface area contributed by atoms with Gasteiger partial charge in [0.2, 0.25) is 0 Å². The Hall–Kier alpha value is -3.50. The van der Waals surface area contributed by atoms with Gasteiger partial charge in [0.25, 0.3) is 5.91 Å². The first kappa shape index (κ1) is 24.6. The maximum absolute atomic E-state index is 14.6. The number of hydroxylamine groups is 1. The fourth-order valence-corrected chi connectivity index (χ4v) is 4.37. The van der Waals surface area contributed by atoms with Gasteiger partial charge >= 0.3 is 5.97 Å². The quantitative estimate of drug-likeness (QED) is 0.493. The standard InChI is InChI=1S/C25H29FN4O5/c1-17(31)18-3-6-23(21(26)16-18)28-7-9-30(10-8-28)24(32)20-15-19(25(33)35-27-2)4-5-22(20)29-11-13-34-14-12-29/h3-6,15-16,27H,7-14H2,1-2H3. The van der Waals surface area contributed by atoms with Crippen molar-refractivity contribution in [3.05, 3.63) is 58.9 Å². The third kappa shape index (κ3) is 5.44. The monoisotopic (exact) mass is 484 g/mol. The summed E-state index contributed by atoms with van der Waals surface area (Å²) < 4.78 is 20.1. The Morgan fingerprint density at radius 1 is 0.886 bits per heavy atom. The number of hydrogen-bond acceptors (Lipinski definition) is 8. The van der Waals surface area contributed by atoms with Crippen LogP contribution in [0.2, 0.25) is 0 Å². The van der Waals surface area contributed by atoms with Crippen molar-refractivity contribution in [1.29, 1.82) is 0 Å². The molecule has 0 atom stereocenters. The summed E-state index contributed by atoms with van der Waals surface area (Å²) in [6.07, 6.45) is 0. The third-order valence-corrected chi connectivity index (χ3v) is 6.27. The van der Waals surface area contributed by atoms with Crippen molar-refractivity contribution < 1.29 is 28.3 Å². The Balaban J connectivity index is 1.53. The van der Waals surface area contributed by atoms with Gasteiger partial charge in [-0.25, -0.2) is 9.18 Å². The summed E-state index contributed by atoms with van der Waals surface area (Å²) in [7, 11) is 1.49. The molecule has 2 aliphatic rings. The molecule has 1 N–H and O–H groups in total. The van der Waals surface area contributed by atoms with Gasteiger partial charge in [-0.3, -0.25) is 9.59 Å². The molecule has 2 heterocycles. The van der Waals surface area contributed by atoms with Gasteiger partial charge in [-0.1, -0.05) is 0 Å². The topological polar surface area (TPSA) is 91.4 Å². The molecule has 2 aliphatic heterocycles. The van der Waals surface area contributed by atoms with Crippen LogP contribution < -0.4 is 15.3 Å². The smallest absolute Gasteiger partial charge is 0.356 e. The highest BCUT2D eigenvalue weighted by atomic mass is 19.1. The van der Waals surface area contributed by atoms with Crippen LogP contribution in [0, 0.1) is 5.82 Å². The van der Waals surface area contributed by atoms with Crippen molar-refractivity contribution in [2.24, 2.45) is 0 Å². The molecule has 10 heteroatoms. The minimum Gasteiger partial charge on any atom is -0.378 e. The number of carbonyl (C=O) groups excluding carboxylic acids is 3. The van der Waals surface area contributed by atoms with E-state index in [1.807, 2.05) is 4.90 Å². The molecule has 1 amide bonds. The number of ketones is 1. The Morgan fingerprint density at radius 3 is 2.14 bits per heavy atom. The SMILES string of the molecule is CNOC(=O)c1ccc(N2CCOCC2)c(C(=O)N2CCN(c3ccc(C(C)=O)cc3F)CC2)c1. The van der Waals surface area contributed by atoms with Gasteiger partial charge in [-0.2, -0.15) is 5.48 Å². The summed E-state index contributed by atoms with van der Waals surface area (Å²) in [6.45, 7) is 5.47. The van der Waals surface area contributed by atoms with Crippen LogP contribution >= 0.6 is 0 Å². The molecule has 0 aliphatic carbocycles. The van der Waals surface area contributed by atoms with E-state index in [0.717, 1.165) is 5.69 Å². The summed E-state index contributed by atoms with van der Waals surface area (Å²) in [4.78, 5) is 47.9. The maximum atomic E-state index is 14.6. The highest BCUT2D eigenvalue weighted by Gasteiger charge is 2.28. The predicted molar refractivity (Wildman–Crippen MR) is 128 cm³/mol. The highest BCUT2D eigenvalue weighted by molar-refractivity contribution is 6.03. The molecule has 2 aromatic carbocycles. The van der Waals surface area contributed by atoms with E-state index in [1.165, 1.54) is 20.0 Å². The molecule has 35 heavy (non-hydrogen) atoms. The second-order valence-corrected chi connectivity index (χ2v) is 8.43. The summed E-state index contributed by atoms with van der Waals surface area (Å²) >= 11 is 0. The second kappa shape index (κ2) is 10.8. The van der Waals surface area contributed by atoms with E-state index in [2.05, 4.69) is 10.4 Å². The molecule has 0 bridgehead atoms. The Kier molecular flexibility index (Phi) is 7.62.